The van der Waals surface area contributed by atoms with Crippen LogP contribution in [0.5, 0.6) is 0 Å². The number of hydrogen-bond donors (Lipinski definition) is 2. The number of hydrogen-bond acceptors (Lipinski definition) is 2. The molecule has 1 saturated carbocycles. The minimum absolute atomic E-state index is 0.0220. The predicted molar refractivity (Wildman–Crippen MR) is 71.2 cm³/mol. The summed E-state index contributed by atoms with van der Waals surface area (Å²) in [6.45, 7) is 5.56. The van der Waals surface area contributed by atoms with Gasteiger partial charge in [0.2, 0.25) is 0 Å². The summed E-state index contributed by atoms with van der Waals surface area (Å²) in [7, 11) is 0. The van der Waals surface area contributed by atoms with Crippen LogP contribution >= 0.6 is 0 Å². The summed E-state index contributed by atoms with van der Waals surface area (Å²) in [4.78, 5) is 0. The predicted octanol–water partition coefficient (Wildman–Crippen LogP) is 3.52. The number of alkyl halides is 3. The van der Waals surface area contributed by atoms with Crippen LogP contribution in [0.4, 0.5) is 13.2 Å². The summed E-state index contributed by atoms with van der Waals surface area (Å²) in [6.07, 6.45) is -4.17. The Hall–Kier alpha value is -1.07. The SMILES string of the molecule is CC(NC1CC(O)C1(C)C)c1ccccc1C(F)(F)F. The Balaban J connectivity index is 2.17. The average molecular weight is 287 g/mol. The second kappa shape index (κ2) is 5.04. The van der Waals surface area contributed by atoms with Crippen LogP contribution in [0, 0.1) is 5.41 Å². The van der Waals surface area contributed by atoms with Crippen molar-refractivity contribution in [2.45, 2.75) is 51.6 Å². The minimum Gasteiger partial charge on any atom is -0.392 e. The highest BCUT2D eigenvalue weighted by molar-refractivity contribution is 5.32. The van der Waals surface area contributed by atoms with Crippen LogP contribution in [0.25, 0.3) is 0 Å². The fraction of sp³-hybridized carbons (Fsp3) is 0.600. The topological polar surface area (TPSA) is 32.3 Å². The van der Waals surface area contributed by atoms with E-state index in [0.29, 0.717) is 6.42 Å². The Morgan fingerprint density at radius 3 is 2.40 bits per heavy atom. The molecule has 3 atom stereocenters. The van der Waals surface area contributed by atoms with E-state index in [1.165, 1.54) is 12.1 Å². The zero-order valence-corrected chi connectivity index (χ0v) is 11.8. The highest BCUT2D eigenvalue weighted by atomic mass is 19.4. The largest absolute Gasteiger partial charge is 0.416 e. The van der Waals surface area contributed by atoms with Gasteiger partial charge in [-0.25, -0.2) is 0 Å². The summed E-state index contributed by atoms with van der Waals surface area (Å²) >= 11 is 0. The molecule has 0 heterocycles. The molecule has 1 aliphatic carbocycles. The first-order valence-corrected chi connectivity index (χ1v) is 6.74. The van der Waals surface area contributed by atoms with Crippen molar-refractivity contribution in [1.82, 2.24) is 5.32 Å². The Kier molecular flexibility index (Phi) is 3.86. The normalized spacial score (nSPS) is 26.9. The van der Waals surface area contributed by atoms with Crippen LogP contribution < -0.4 is 5.32 Å². The lowest BCUT2D eigenvalue weighted by Gasteiger charge is -2.50. The highest BCUT2D eigenvalue weighted by Gasteiger charge is 2.47. The van der Waals surface area contributed by atoms with Crippen molar-refractivity contribution in [3.8, 4) is 0 Å². The van der Waals surface area contributed by atoms with Crippen LogP contribution in [0.1, 0.15) is 44.4 Å². The van der Waals surface area contributed by atoms with E-state index in [-0.39, 0.29) is 17.0 Å². The fourth-order valence-electron chi connectivity index (χ4n) is 2.71. The third-order valence-corrected chi connectivity index (χ3v) is 4.40. The summed E-state index contributed by atoms with van der Waals surface area (Å²) in [5, 5.41) is 12.9. The van der Waals surface area contributed by atoms with E-state index in [0.717, 1.165) is 6.07 Å². The van der Waals surface area contributed by atoms with E-state index in [1.807, 2.05) is 13.8 Å². The van der Waals surface area contributed by atoms with Crippen molar-refractivity contribution in [2.75, 3.05) is 0 Å². The zero-order valence-electron chi connectivity index (χ0n) is 11.8. The van der Waals surface area contributed by atoms with Gasteiger partial charge in [0.25, 0.3) is 0 Å². The summed E-state index contributed by atoms with van der Waals surface area (Å²) in [6, 6.07) is 5.23. The highest BCUT2D eigenvalue weighted by Crippen LogP contribution is 2.42. The van der Waals surface area contributed by atoms with Crippen molar-refractivity contribution in [1.29, 1.82) is 0 Å². The van der Waals surface area contributed by atoms with Gasteiger partial charge >= 0.3 is 6.18 Å². The van der Waals surface area contributed by atoms with Gasteiger partial charge in [0.15, 0.2) is 0 Å². The molecule has 1 aromatic rings. The second-order valence-corrected chi connectivity index (χ2v) is 6.10. The maximum Gasteiger partial charge on any atom is 0.416 e. The third kappa shape index (κ3) is 2.69. The lowest BCUT2D eigenvalue weighted by molar-refractivity contribution is -0.138. The van der Waals surface area contributed by atoms with Crippen LogP contribution in [0.2, 0.25) is 0 Å². The molecule has 3 unspecified atom stereocenters. The van der Waals surface area contributed by atoms with Gasteiger partial charge in [-0.1, -0.05) is 32.0 Å². The van der Waals surface area contributed by atoms with E-state index in [1.54, 1.807) is 13.0 Å². The molecule has 112 valence electrons. The number of halogens is 3. The van der Waals surface area contributed by atoms with Gasteiger partial charge in [-0.2, -0.15) is 13.2 Å². The number of benzene rings is 1. The first-order valence-electron chi connectivity index (χ1n) is 6.74. The van der Waals surface area contributed by atoms with Crippen molar-refractivity contribution in [3.63, 3.8) is 0 Å². The van der Waals surface area contributed by atoms with Crippen molar-refractivity contribution < 1.29 is 18.3 Å². The van der Waals surface area contributed by atoms with Gasteiger partial charge in [0.1, 0.15) is 0 Å². The third-order valence-electron chi connectivity index (χ3n) is 4.40. The van der Waals surface area contributed by atoms with Crippen molar-refractivity contribution in [2.24, 2.45) is 5.41 Å². The first kappa shape index (κ1) is 15.3. The Morgan fingerprint density at radius 1 is 1.30 bits per heavy atom. The Bertz CT molecular complexity index is 484. The van der Waals surface area contributed by atoms with Crippen LogP contribution in [0.3, 0.4) is 0 Å². The summed E-state index contributed by atoms with van der Waals surface area (Å²) in [5.41, 5.74) is -0.656. The molecule has 0 aromatic heterocycles. The lowest BCUT2D eigenvalue weighted by atomic mass is 9.64. The van der Waals surface area contributed by atoms with Crippen LogP contribution in [-0.4, -0.2) is 17.3 Å². The second-order valence-electron chi connectivity index (χ2n) is 6.10. The monoisotopic (exact) mass is 287 g/mol. The molecule has 0 bridgehead atoms. The molecule has 5 heteroatoms. The Morgan fingerprint density at radius 2 is 1.90 bits per heavy atom. The molecule has 0 saturated heterocycles. The molecular weight excluding hydrogens is 267 g/mol. The first-order chi connectivity index (χ1) is 9.14. The van der Waals surface area contributed by atoms with Crippen molar-refractivity contribution >= 4 is 0 Å². The molecule has 0 amide bonds. The maximum atomic E-state index is 13.0. The summed E-state index contributed by atoms with van der Waals surface area (Å²) in [5.74, 6) is 0. The average Bonchev–Trinajstić information content (AvgIpc) is 2.37. The van der Waals surface area contributed by atoms with Gasteiger partial charge in [-0.15, -0.1) is 0 Å². The molecule has 2 rings (SSSR count). The van der Waals surface area contributed by atoms with Crippen LogP contribution in [-0.2, 0) is 6.18 Å². The van der Waals surface area contributed by atoms with Gasteiger partial charge in [0, 0.05) is 17.5 Å². The Labute approximate surface area is 117 Å². The molecule has 1 aromatic carbocycles. The summed E-state index contributed by atoms with van der Waals surface area (Å²) < 4.78 is 39.0. The van der Waals surface area contributed by atoms with E-state index in [9.17, 15) is 18.3 Å². The zero-order chi connectivity index (χ0) is 15.1. The standard InChI is InChI=1S/C15H20F3NO/c1-9(19-12-8-13(20)14(12,2)3)10-6-4-5-7-11(10)15(16,17)18/h4-7,9,12-13,19-20H,8H2,1-3H3. The van der Waals surface area contributed by atoms with E-state index in [2.05, 4.69) is 5.32 Å². The van der Waals surface area contributed by atoms with Gasteiger partial charge in [-0.3, -0.25) is 0 Å². The molecule has 20 heavy (non-hydrogen) atoms. The molecule has 0 radical (unpaired) electrons. The molecule has 2 nitrogen and oxygen atoms in total. The lowest BCUT2D eigenvalue weighted by Crippen LogP contribution is -2.60. The molecule has 1 aliphatic rings. The molecule has 0 aliphatic heterocycles. The van der Waals surface area contributed by atoms with Gasteiger partial charge < -0.3 is 10.4 Å². The van der Waals surface area contributed by atoms with E-state index < -0.39 is 23.9 Å². The molecule has 2 N–H and O–H groups in total. The molecule has 0 spiro atoms. The van der Waals surface area contributed by atoms with Gasteiger partial charge in [0.05, 0.1) is 11.7 Å². The fourth-order valence-corrected chi connectivity index (χ4v) is 2.71. The van der Waals surface area contributed by atoms with E-state index >= 15 is 0 Å². The number of aliphatic hydroxyl groups excluding tert-OH is 1. The van der Waals surface area contributed by atoms with Crippen LogP contribution in [0.15, 0.2) is 24.3 Å². The number of nitrogens with one attached hydrogen (secondary N) is 1. The minimum atomic E-state index is -4.35. The quantitative estimate of drug-likeness (QED) is 0.891. The van der Waals surface area contributed by atoms with E-state index in [4.69, 9.17) is 0 Å². The number of aliphatic hydroxyl groups is 1. The smallest absolute Gasteiger partial charge is 0.392 e. The number of rotatable bonds is 3. The van der Waals surface area contributed by atoms with Gasteiger partial charge in [-0.05, 0) is 25.0 Å². The molecular formula is C15H20F3NO. The van der Waals surface area contributed by atoms with Crippen molar-refractivity contribution in [3.05, 3.63) is 35.4 Å². The maximum absolute atomic E-state index is 13.0. The molecule has 1 fully saturated rings.